The Labute approximate surface area is 124 Å². The second-order valence-electron chi connectivity index (χ2n) is 5.46. The smallest absolute Gasteiger partial charge is 0.0661 e. The third kappa shape index (κ3) is 3.19. The summed E-state index contributed by atoms with van der Waals surface area (Å²) in [5.41, 5.74) is 7.36. The molecule has 1 aliphatic rings. The molecular weight excluding hydrogens is 304 g/mol. The topological polar surface area (TPSA) is 38.5 Å². The first-order valence-corrected chi connectivity index (χ1v) is 7.57. The van der Waals surface area contributed by atoms with Crippen molar-refractivity contribution < 1.29 is 4.74 Å². The van der Waals surface area contributed by atoms with Gasteiger partial charge in [0.1, 0.15) is 0 Å². The van der Waals surface area contributed by atoms with Gasteiger partial charge in [-0.2, -0.15) is 0 Å². The van der Waals surface area contributed by atoms with Crippen molar-refractivity contribution in [3.05, 3.63) is 34.3 Å². The van der Waals surface area contributed by atoms with Crippen molar-refractivity contribution in [1.29, 1.82) is 0 Å². The third-order valence-corrected chi connectivity index (χ3v) is 4.98. The lowest BCUT2D eigenvalue weighted by atomic mass is 9.91. The second kappa shape index (κ2) is 6.35. The Bertz CT molecular complexity index is 422. The highest BCUT2D eigenvalue weighted by Gasteiger charge is 2.47. The molecule has 4 heteroatoms. The molecule has 0 bridgehead atoms. The molecule has 1 aromatic rings. The van der Waals surface area contributed by atoms with E-state index in [1.165, 1.54) is 18.4 Å². The number of nitrogens with two attached hydrogens (primary N) is 1. The molecule has 19 heavy (non-hydrogen) atoms. The average Bonchev–Trinajstić information content (AvgIpc) is 3.23. The van der Waals surface area contributed by atoms with Crippen LogP contribution in [0.5, 0.6) is 0 Å². The fourth-order valence-electron chi connectivity index (χ4n) is 2.83. The summed E-state index contributed by atoms with van der Waals surface area (Å²) < 4.78 is 6.61. The number of hydrogen-bond donors (Lipinski definition) is 1. The molecule has 106 valence electrons. The number of methoxy groups -OCH3 is 1. The molecule has 1 atom stereocenters. The van der Waals surface area contributed by atoms with Crippen molar-refractivity contribution in [2.45, 2.75) is 24.9 Å². The first-order chi connectivity index (χ1) is 9.14. The molecule has 3 nitrogen and oxygen atoms in total. The number of halogens is 1. The highest BCUT2D eigenvalue weighted by Crippen LogP contribution is 2.43. The lowest BCUT2D eigenvalue weighted by molar-refractivity contribution is 0.0103. The largest absolute Gasteiger partial charge is 0.383 e. The second-order valence-corrected chi connectivity index (χ2v) is 6.32. The fraction of sp³-hybridized carbons (Fsp3) is 0.600. The van der Waals surface area contributed by atoms with E-state index in [0.717, 1.165) is 11.0 Å². The quantitative estimate of drug-likeness (QED) is 0.837. The van der Waals surface area contributed by atoms with Crippen molar-refractivity contribution in [3.63, 3.8) is 0 Å². The van der Waals surface area contributed by atoms with E-state index in [1.54, 1.807) is 7.11 Å². The van der Waals surface area contributed by atoms with Crippen LogP contribution in [0.15, 0.2) is 28.7 Å². The van der Waals surface area contributed by atoms with Gasteiger partial charge < -0.3 is 10.5 Å². The van der Waals surface area contributed by atoms with Crippen molar-refractivity contribution in [3.8, 4) is 0 Å². The first kappa shape index (κ1) is 15.0. The number of nitrogens with zero attached hydrogens (tertiary/aromatic N) is 1. The van der Waals surface area contributed by atoms with E-state index in [0.29, 0.717) is 19.1 Å². The van der Waals surface area contributed by atoms with E-state index in [9.17, 15) is 0 Å². The first-order valence-electron chi connectivity index (χ1n) is 6.77. The predicted octanol–water partition coefficient (Wildman–Crippen LogP) is 2.63. The van der Waals surface area contributed by atoms with Gasteiger partial charge in [0.05, 0.1) is 12.1 Å². The number of likely N-dealkylation sites (N-methyl/N-ethyl adjacent to an activating group) is 1. The van der Waals surface area contributed by atoms with Gasteiger partial charge in [0, 0.05) is 24.7 Å². The molecule has 1 unspecified atom stereocenters. The minimum absolute atomic E-state index is 0.0238. The Kier molecular flexibility index (Phi) is 5.01. The van der Waals surface area contributed by atoms with Crippen LogP contribution in [0.25, 0.3) is 0 Å². The molecule has 0 saturated heterocycles. The van der Waals surface area contributed by atoms with E-state index in [-0.39, 0.29) is 5.54 Å². The Morgan fingerprint density at radius 3 is 2.63 bits per heavy atom. The fourth-order valence-corrected chi connectivity index (χ4v) is 3.24. The maximum absolute atomic E-state index is 6.09. The summed E-state index contributed by atoms with van der Waals surface area (Å²) in [5.74, 6) is 0.671. The summed E-state index contributed by atoms with van der Waals surface area (Å²) in [6.07, 6.45) is 2.53. The van der Waals surface area contributed by atoms with Crippen molar-refractivity contribution >= 4 is 15.9 Å². The minimum atomic E-state index is -0.0238. The van der Waals surface area contributed by atoms with E-state index >= 15 is 0 Å². The molecule has 0 spiro atoms. The van der Waals surface area contributed by atoms with Gasteiger partial charge in [0.25, 0.3) is 0 Å². The van der Waals surface area contributed by atoms with Crippen LogP contribution in [0.4, 0.5) is 0 Å². The summed E-state index contributed by atoms with van der Waals surface area (Å²) >= 11 is 3.62. The summed E-state index contributed by atoms with van der Waals surface area (Å²) in [7, 11) is 3.92. The zero-order valence-corrected chi connectivity index (χ0v) is 13.3. The maximum Gasteiger partial charge on any atom is 0.0661 e. The molecule has 1 aliphatic carbocycles. The van der Waals surface area contributed by atoms with Gasteiger partial charge in [-0.25, -0.2) is 0 Å². The van der Waals surface area contributed by atoms with E-state index < -0.39 is 0 Å². The number of hydrogen-bond acceptors (Lipinski definition) is 3. The normalized spacial score (nSPS) is 18.6. The molecular formula is C15H23BrN2O. The highest BCUT2D eigenvalue weighted by molar-refractivity contribution is 9.10. The Morgan fingerprint density at radius 1 is 1.42 bits per heavy atom. The van der Waals surface area contributed by atoms with E-state index in [1.807, 2.05) is 6.07 Å². The third-order valence-electron chi connectivity index (χ3n) is 4.21. The van der Waals surface area contributed by atoms with E-state index in [4.69, 9.17) is 10.5 Å². The van der Waals surface area contributed by atoms with Crippen LogP contribution >= 0.6 is 15.9 Å². The predicted molar refractivity (Wildman–Crippen MR) is 82.0 cm³/mol. The van der Waals surface area contributed by atoms with Crippen molar-refractivity contribution in [1.82, 2.24) is 4.90 Å². The molecule has 1 fully saturated rings. The van der Waals surface area contributed by atoms with Gasteiger partial charge in [-0.15, -0.1) is 0 Å². The van der Waals surface area contributed by atoms with Crippen LogP contribution in [0.3, 0.4) is 0 Å². The van der Waals surface area contributed by atoms with Crippen LogP contribution in [0, 0.1) is 5.92 Å². The minimum Gasteiger partial charge on any atom is -0.383 e. The number of benzene rings is 1. The summed E-state index contributed by atoms with van der Waals surface area (Å²) in [5, 5.41) is 0. The van der Waals surface area contributed by atoms with Crippen LogP contribution in [-0.2, 0) is 11.3 Å². The number of ether oxygens (including phenoxy) is 1. The van der Waals surface area contributed by atoms with Crippen molar-refractivity contribution in [2.24, 2.45) is 11.7 Å². The van der Waals surface area contributed by atoms with Gasteiger partial charge in [-0.1, -0.05) is 34.1 Å². The Balaban J connectivity index is 2.15. The number of rotatable bonds is 7. The molecule has 0 radical (unpaired) electrons. The zero-order chi connectivity index (χ0) is 13.9. The molecule has 2 rings (SSSR count). The Hall–Kier alpha value is -0.420. The zero-order valence-electron chi connectivity index (χ0n) is 11.7. The van der Waals surface area contributed by atoms with Crippen LogP contribution in [0.1, 0.15) is 18.4 Å². The van der Waals surface area contributed by atoms with Gasteiger partial charge in [-0.3, -0.25) is 4.90 Å². The molecule has 1 saturated carbocycles. The van der Waals surface area contributed by atoms with E-state index in [2.05, 4.69) is 46.1 Å². The Morgan fingerprint density at radius 2 is 2.11 bits per heavy atom. The van der Waals surface area contributed by atoms with Crippen LogP contribution in [0.2, 0.25) is 0 Å². The summed E-state index contributed by atoms with van der Waals surface area (Å²) in [4.78, 5) is 2.37. The molecule has 0 aliphatic heterocycles. The molecule has 1 aromatic carbocycles. The molecule has 0 amide bonds. The van der Waals surface area contributed by atoms with Crippen LogP contribution in [-0.4, -0.2) is 37.7 Å². The monoisotopic (exact) mass is 326 g/mol. The lowest BCUT2D eigenvalue weighted by Gasteiger charge is -2.41. The lowest BCUT2D eigenvalue weighted by Crippen LogP contribution is -2.56. The standard InChI is InChI=1S/C15H23BrN2O/c1-18(9-12-5-3-4-6-14(12)16)15(10-17,11-19-2)13-7-8-13/h3-6,13H,7-11,17H2,1-2H3. The van der Waals surface area contributed by atoms with Crippen molar-refractivity contribution in [2.75, 3.05) is 27.3 Å². The molecule has 2 N–H and O–H groups in total. The highest BCUT2D eigenvalue weighted by atomic mass is 79.9. The van der Waals surface area contributed by atoms with Gasteiger partial charge in [-0.05, 0) is 37.4 Å². The average molecular weight is 327 g/mol. The van der Waals surface area contributed by atoms with Gasteiger partial charge >= 0.3 is 0 Å². The summed E-state index contributed by atoms with van der Waals surface area (Å²) in [6, 6.07) is 8.35. The SMILES string of the molecule is COCC(CN)(C1CC1)N(C)Cc1ccccc1Br. The molecule has 0 heterocycles. The maximum atomic E-state index is 6.09. The van der Waals surface area contributed by atoms with Gasteiger partial charge in [0.15, 0.2) is 0 Å². The molecule has 0 aromatic heterocycles. The summed E-state index contributed by atoms with van der Waals surface area (Å²) in [6.45, 7) is 2.24. The van der Waals surface area contributed by atoms with Gasteiger partial charge in [0.2, 0.25) is 0 Å². The van der Waals surface area contributed by atoms with Crippen LogP contribution < -0.4 is 5.73 Å².